The topological polar surface area (TPSA) is 58.7 Å². The first-order chi connectivity index (χ1) is 11.5. The van der Waals surface area contributed by atoms with Crippen LogP contribution < -0.4 is 0 Å². The molecule has 0 aliphatic heterocycles. The van der Waals surface area contributed by atoms with Gasteiger partial charge in [0.05, 0.1) is 17.1 Å². The Morgan fingerprint density at radius 1 is 1.33 bits per heavy atom. The fraction of sp³-hybridized carbons (Fsp3) is 0.167. The lowest BCUT2D eigenvalue weighted by atomic mass is 9.98. The summed E-state index contributed by atoms with van der Waals surface area (Å²) in [6.07, 6.45) is -0.257. The molecule has 2 aromatic carbocycles. The van der Waals surface area contributed by atoms with E-state index in [1.165, 1.54) is 18.2 Å². The summed E-state index contributed by atoms with van der Waals surface area (Å²) in [5.41, 5.74) is 1.62. The van der Waals surface area contributed by atoms with Crippen LogP contribution >= 0.6 is 11.6 Å². The van der Waals surface area contributed by atoms with Crippen LogP contribution in [-0.2, 0) is 18.3 Å². The normalized spacial score (nSPS) is 12.1. The van der Waals surface area contributed by atoms with Gasteiger partial charge in [-0.05, 0) is 24.3 Å². The van der Waals surface area contributed by atoms with Crippen LogP contribution in [0.3, 0.4) is 0 Å². The van der Waals surface area contributed by atoms with Gasteiger partial charge in [-0.25, -0.2) is 9.37 Å². The molecule has 0 unspecified atom stereocenters. The van der Waals surface area contributed by atoms with Gasteiger partial charge in [-0.3, -0.25) is 4.79 Å². The maximum Gasteiger partial charge on any atom is 0.163 e. The van der Waals surface area contributed by atoms with Crippen LogP contribution in [0.2, 0.25) is 5.02 Å². The van der Waals surface area contributed by atoms with Crippen molar-refractivity contribution in [3.8, 4) is 6.07 Å². The van der Waals surface area contributed by atoms with Crippen molar-refractivity contribution in [2.45, 2.75) is 12.3 Å². The highest BCUT2D eigenvalue weighted by atomic mass is 35.5. The first-order valence-electron chi connectivity index (χ1n) is 7.29. The highest BCUT2D eigenvalue weighted by Gasteiger charge is 2.27. The minimum absolute atomic E-state index is 0.100. The minimum atomic E-state index is -1.09. The van der Waals surface area contributed by atoms with E-state index in [-0.39, 0.29) is 17.0 Å². The summed E-state index contributed by atoms with van der Waals surface area (Å²) in [4.78, 5) is 17.0. The summed E-state index contributed by atoms with van der Waals surface area (Å²) in [5.74, 6) is -1.74. The molecule has 6 heteroatoms. The van der Waals surface area contributed by atoms with Crippen LogP contribution in [0, 0.1) is 17.1 Å². The van der Waals surface area contributed by atoms with Crippen molar-refractivity contribution in [1.82, 2.24) is 9.55 Å². The van der Waals surface area contributed by atoms with Crippen molar-refractivity contribution in [2.24, 2.45) is 7.05 Å². The number of nitriles is 1. The van der Waals surface area contributed by atoms with E-state index >= 15 is 0 Å². The first-order valence-corrected chi connectivity index (χ1v) is 7.67. The minimum Gasteiger partial charge on any atom is -0.330 e. The number of carbonyl (C=O) groups excluding carboxylic acids is 1. The fourth-order valence-corrected chi connectivity index (χ4v) is 2.90. The average molecular weight is 342 g/mol. The summed E-state index contributed by atoms with van der Waals surface area (Å²) >= 11 is 5.97. The maximum atomic E-state index is 13.9. The number of rotatable bonds is 4. The van der Waals surface area contributed by atoms with Gasteiger partial charge in [-0.1, -0.05) is 29.8 Å². The molecule has 4 nitrogen and oxygen atoms in total. The molecule has 0 amide bonds. The van der Waals surface area contributed by atoms with Gasteiger partial charge >= 0.3 is 0 Å². The molecule has 0 spiro atoms. The van der Waals surface area contributed by atoms with E-state index in [4.69, 9.17) is 11.6 Å². The average Bonchev–Trinajstić information content (AvgIpc) is 2.89. The molecule has 0 N–H and O–H groups in total. The molecule has 1 heterocycles. The molecule has 0 bridgehead atoms. The molecule has 0 fully saturated rings. The third-order valence-corrected chi connectivity index (χ3v) is 4.30. The van der Waals surface area contributed by atoms with Gasteiger partial charge in [0, 0.05) is 24.1 Å². The van der Waals surface area contributed by atoms with Crippen molar-refractivity contribution in [2.75, 3.05) is 0 Å². The monoisotopic (exact) mass is 341 g/mol. The summed E-state index contributed by atoms with van der Waals surface area (Å²) in [6.45, 7) is 0. The summed E-state index contributed by atoms with van der Waals surface area (Å²) in [7, 11) is 1.75. The molecule has 1 atom stereocenters. The Kier molecular flexibility index (Phi) is 4.32. The highest BCUT2D eigenvalue weighted by Crippen LogP contribution is 2.25. The SMILES string of the molecule is Cn1c([C@@H](C#N)C(=O)Cc2c(F)cccc2Cl)nc2ccccc21. The Labute approximate surface area is 143 Å². The molecule has 0 aliphatic rings. The summed E-state index contributed by atoms with van der Waals surface area (Å²) in [6, 6.07) is 13.6. The number of hydrogen-bond acceptors (Lipinski definition) is 3. The number of halogens is 2. The Morgan fingerprint density at radius 2 is 2.08 bits per heavy atom. The van der Waals surface area contributed by atoms with Gasteiger partial charge in [-0.2, -0.15) is 5.26 Å². The second-order valence-corrected chi connectivity index (χ2v) is 5.83. The zero-order valence-corrected chi connectivity index (χ0v) is 13.6. The van der Waals surface area contributed by atoms with E-state index in [0.29, 0.717) is 11.3 Å². The lowest BCUT2D eigenvalue weighted by Crippen LogP contribution is -2.18. The van der Waals surface area contributed by atoms with E-state index in [1.807, 2.05) is 30.3 Å². The van der Waals surface area contributed by atoms with Crippen molar-refractivity contribution in [3.05, 3.63) is 64.7 Å². The third kappa shape index (κ3) is 2.77. The van der Waals surface area contributed by atoms with E-state index in [2.05, 4.69) is 4.98 Å². The Bertz CT molecular complexity index is 954. The van der Waals surface area contributed by atoms with Crippen LogP contribution in [-0.4, -0.2) is 15.3 Å². The van der Waals surface area contributed by atoms with Crippen LogP contribution in [0.1, 0.15) is 17.3 Å². The number of aryl methyl sites for hydroxylation is 1. The number of aromatic nitrogens is 2. The van der Waals surface area contributed by atoms with Crippen LogP contribution in [0.15, 0.2) is 42.5 Å². The van der Waals surface area contributed by atoms with Crippen molar-refractivity contribution in [1.29, 1.82) is 5.26 Å². The lowest BCUT2D eigenvalue weighted by Gasteiger charge is -2.10. The van der Waals surface area contributed by atoms with E-state index in [0.717, 1.165) is 5.52 Å². The molecule has 0 saturated heterocycles. The summed E-state index contributed by atoms with van der Waals surface area (Å²) < 4.78 is 15.6. The second-order valence-electron chi connectivity index (χ2n) is 5.42. The number of benzene rings is 2. The Hall–Kier alpha value is -2.71. The molecule has 0 saturated carbocycles. The van der Waals surface area contributed by atoms with Crippen molar-refractivity contribution < 1.29 is 9.18 Å². The standard InChI is InChI=1S/C18H13ClFN3O/c1-23-16-8-3-2-7-15(16)22-18(23)12(10-21)17(24)9-11-13(19)5-4-6-14(11)20/h2-8,12H,9H2,1H3/t12-/m0/s1. The number of hydrogen-bond donors (Lipinski definition) is 0. The quantitative estimate of drug-likeness (QED) is 0.725. The van der Waals surface area contributed by atoms with Crippen molar-refractivity contribution >= 4 is 28.4 Å². The molecule has 0 aliphatic carbocycles. The largest absolute Gasteiger partial charge is 0.330 e. The number of ketones is 1. The fourth-order valence-electron chi connectivity index (χ4n) is 2.67. The summed E-state index contributed by atoms with van der Waals surface area (Å²) in [5, 5.41) is 9.64. The molecule has 3 rings (SSSR count). The van der Waals surface area contributed by atoms with Crippen LogP contribution in [0.4, 0.5) is 4.39 Å². The Morgan fingerprint density at radius 3 is 2.75 bits per heavy atom. The molecule has 24 heavy (non-hydrogen) atoms. The predicted octanol–water partition coefficient (Wildman–Crippen LogP) is 3.78. The predicted molar refractivity (Wildman–Crippen MR) is 89.2 cm³/mol. The molecule has 1 aromatic heterocycles. The van der Waals surface area contributed by atoms with Gasteiger partial charge in [0.15, 0.2) is 11.7 Å². The number of imidazole rings is 1. The third-order valence-electron chi connectivity index (χ3n) is 3.94. The number of para-hydroxylation sites is 2. The van der Waals surface area contributed by atoms with Crippen LogP contribution in [0.25, 0.3) is 11.0 Å². The first kappa shape index (κ1) is 16.2. The molecule has 3 aromatic rings. The zero-order valence-electron chi connectivity index (χ0n) is 12.8. The van der Waals surface area contributed by atoms with Crippen LogP contribution in [0.5, 0.6) is 0 Å². The molecule has 0 radical (unpaired) electrons. The van der Waals surface area contributed by atoms with Gasteiger partial charge in [0.25, 0.3) is 0 Å². The second kappa shape index (κ2) is 6.42. The van der Waals surface area contributed by atoms with Crippen molar-refractivity contribution in [3.63, 3.8) is 0 Å². The number of fused-ring (bicyclic) bond motifs is 1. The number of Topliss-reactive ketones (excluding diaryl/α,β-unsaturated/α-hetero) is 1. The van der Waals surface area contributed by atoms with E-state index < -0.39 is 17.5 Å². The zero-order chi connectivity index (χ0) is 17.3. The number of carbonyl (C=O) groups is 1. The molecular formula is C18H13ClFN3O. The van der Waals surface area contributed by atoms with E-state index in [9.17, 15) is 14.4 Å². The smallest absolute Gasteiger partial charge is 0.163 e. The van der Waals surface area contributed by atoms with Gasteiger partial charge in [-0.15, -0.1) is 0 Å². The maximum absolute atomic E-state index is 13.9. The van der Waals surface area contributed by atoms with E-state index in [1.54, 1.807) is 11.6 Å². The number of nitrogens with zero attached hydrogens (tertiary/aromatic N) is 3. The van der Waals surface area contributed by atoms with Gasteiger partial charge < -0.3 is 4.57 Å². The van der Waals surface area contributed by atoms with Gasteiger partial charge in [0.2, 0.25) is 0 Å². The Balaban J connectivity index is 1.98. The van der Waals surface area contributed by atoms with Gasteiger partial charge in [0.1, 0.15) is 11.6 Å². The molecule has 120 valence electrons. The highest BCUT2D eigenvalue weighted by molar-refractivity contribution is 6.31. The molecular weight excluding hydrogens is 329 g/mol. The lowest BCUT2D eigenvalue weighted by molar-refractivity contribution is -0.118.